The topological polar surface area (TPSA) is 32.3 Å². The molecule has 3 heteroatoms. The number of benzene rings is 1. The van der Waals surface area contributed by atoms with E-state index in [9.17, 15) is 4.79 Å². The van der Waals surface area contributed by atoms with E-state index in [1.807, 2.05) is 30.1 Å². The number of para-hydroxylation sites is 1. The smallest absolute Gasteiger partial charge is 0.245 e. The highest BCUT2D eigenvalue weighted by atomic mass is 16.2. The molecule has 0 aromatic heterocycles. The van der Waals surface area contributed by atoms with Crippen LogP contribution in [0.2, 0.25) is 0 Å². The lowest BCUT2D eigenvalue weighted by molar-refractivity contribution is -0.132. The summed E-state index contributed by atoms with van der Waals surface area (Å²) in [6.07, 6.45) is 2.97. The summed E-state index contributed by atoms with van der Waals surface area (Å²) in [5.74, 6) is 0.201. The molecule has 2 atom stereocenters. The van der Waals surface area contributed by atoms with Gasteiger partial charge in [-0.2, -0.15) is 0 Å². The van der Waals surface area contributed by atoms with Crippen LogP contribution in [0.15, 0.2) is 24.3 Å². The molecule has 0 saturated carbocycles. The number of hydrogen-bond donors (Lipinski definition) is 1. The Kier molecular flexibility index (Phi) is 3.90. The second-order valence-electron chi connectivity index (χ2n) is 5.15. The lowest BCUT2D eigenvalue weighted by Crippen LogP contribution is -2.44. The molecule has 1 aliphatic heterocycles. The van der Waals surface area contributed by atoms with Crippen molar-refractivity contribution in [3.8, 4) is 0 Å². The highest BCUT2D eigenvalue weighted by Crippen LogP contribution is 2.26. The van der Waals surface area contributed by atoms with Crippen molar-refractivity contribution in [2.24, 2.45) is 0 Å². The minimum atomic E-state index is -0.0910. The minimum Gasteiger partial charge on any atom is -0.373 e. The molecule has 18 heavy (non-hydrogen) atoms. The molecule has 0 spiro atoms. The van der Waals surface area contributed by atoms with Gasteiger partial charge in [0.1, 0.15) is 6.04 Å². The van der Waals surface area contributed by atoms with Crippen molar-refractivity contribution in [2.45, 2.75) is 45.2 Å². The molecule has 1 aliphatic rings. The van der Waals surface area contributed by atoms with Gasteiger partial charge in [-0.3, -0.25) is 4.79 Å². The van der Waals surface area contributed by atoms with Crippen LogP contribution in [0.3, 0.4) is 0 Å². The maximum Gasteiger partial charge on any atom is 0.245 e. The number of rotatable bonds is 4. The Morgan fingerprint density at radius 1 is 1.50 bits per heavy atom. The number of nitrogens with zero attached hydrogens (tertiary/aromatic N) is 1. The Labute approximate surface area is 109 Å². The zero-order valence-electron chi connectivity index (χ0n) is 11.4. The van der Waals surface area contributed by atoms with Crippen molar-refractivity contribution in [1.82, 2.24) is 4.90 Å². The second-order valence-corrected chi connectivity index (χ2v) is 5.15. The Morgan fingerprint density at radius 3 is 2.89 bits per heavy atom. The number of hydrogen-bond acceptors (Lipinski definition) is 2. The van der Waals surface area contributed by atoms with Crippen LogP contribution in [0.1, 0.15) is 32.3 Å². The van der Waals surface area contributed by atoms with Crippen molar-refractivity contribution in [3.63, 3.8) is 0 Å². The first-order valence-corrected chi connectivity index (χ1v) is 6.74. The SMILES string of the molecule is CCCC(C)N(C)C(=O)[C@@H]1Cc2ccccc2N1. The molecule has 1 aromatic rings. The molecule has 0 bridgehead atoms. The van der Waals surface area contributed by atoms with Crippen molar-refractivity contribution in [2.75, 3.05) is 12.4 Å². The summed E-state index contributed by atoms with van der Waals surface area (Å²) in [6, 6.07) is 8.38. The monoisotopic (exact) mass is 246 g/mol. The second kappa shape index (κ2) is 5.42. The largest absolute Gasteiger partial charge is 0.373 e. The maximum absolute atomic E-state index is 12.4. The average Bonchev–Trinajstić information content (AvgIpc) is 2.81. The quantitative estimate of drug-likeness (QED) is 0.886. The molecule has 0 saturated heterocycles. The van der Waals surface area contributed by atoms with E-state index >= 15 is 0 Å². The van der Waals surface area contributed by atoms with Crippen molar-refractivity contribution >= 4 is 11.6 Å². The Bertz CT molecular complexity index is 405. The number of carbonyl (C=O) groups excluding carboxylic acids is 1. The van der Waals surface area contributed by atoms with Crippen LogP contribution in [0, 0.1) is 0 Å². The fraction of sp³-hybridized carbons (Fsp3) is 0.533. The fourth-order valence-corrected chi connectivity index (χ4v) is 2.52. The molecule has 0 fully saturated rings. The fourth-order valence-electron chi connectivity index (χ4n) is 2.52. The lowest BCUT2D eigenvalue weighted by Gasteiger charge is -2.27. The first-order chi connectivity index (χ1) is 8.63. The molecule has 1 aromatic carbocycles. The van der Waals surface area contributed by atoms with Crippen molar-refractivity contribution in [3.05, 3.63) is 29.8 Å². The third-order valence-corrected chi connectivity index (χ3v) is 3.78. The van der Waals surface area contributed by atoms with Gasteiger partial charge in [-0.1, -0.05) is 31.5 Å². The lowest BCUT2D eigenvalue weighted by atomic mass is 10.1. The molecule has 1 heterocycles. The first-order valence-electron chi connectivity index (χ1n) is 6.74. The van der Waals surface area contributed by atoms with Gasteiger partial charge >= 0.3 is 0 Å². The van der Waals surface area contributed by atoms with Crippen LogP contribution in [-0.2, 0) is 11.2 Å². The number of likely N-dealkylation sites (N-methyl/N-ethyl adjacent to an activating group) is 1. The minimum absolute atomic E-state index is 0.0910. The van der Waals surface area contributed by atoms with Gasteiger partial charge in [-0.05, 0) is 25.0 Å². The van der Waals surface area contributed by atoms with Crippen molar-refractivity contribution in [1.29, 1.82) is 0 Å². The van der Waals surface area contributed by atoms with E-state index in [4.69, 9.17) is 0 Å². The van der Waals surface area contributed by atoms with Crippen LogP contribution in [-0.4, -0.2) is 29.9 Å². The molecular weight excluding hydrogens is 224 g/mol. The number of anilines is 1. The zero-order chi connectivity index (χ0) is 13.1. The number of fused-ring (bicyclic) bond motifs is 1. The van der Waals surface area contributed by atoms with Gasteiger partial charge in [0.05, 0.1) is 0 Å². The van der Waals surface area contributed by atoms with E-state index < -0.39 is 0 Å². The highest BCUT2D eigenvalue weighted by Gasteiger charge is 2.29. The van der Waals surface area contributed by atoms with Crippen LogP contribution < -0.4 is 5.32 Å². The standard InChI is InChI=1S/C15H22N2O/c1-4-7-11(2)17(3)15(18)14-10-12-8-5-6-9-13(12)16-14/h5-6,8-9,11,14,16H,4,7,10H2,1-3H3/t11?,14-/m0/s1. The third kappa shape index (κ3) is 2.50. The molecule has 2 rings (SSSR count). The molecule has 0 radical (unpaired) electrons. The Balaban J connectivity index is 2.00. The third-order valence-electron chi connectivity index (χ3n) is 3.78. The average molecular weight is 246 g/mol. The molecule has 1 N–H and O–H groups in total. The first kappa shape index (κ1) is 12.9. The molecule has 1 amide bonds. The van der Waals surface area contributed by atoms with Crippen molar-refractivity contribution < 1.29 is 4.79 Å². The summed E-state index contributed by atoms with van der Waals surface area (Å²) in [5, 5.41) is 3.32. The number of carbonyl (C=O) groups is 1. The summed E-state index contributed by atoms with van der Waals surface area (Å²) in [6.45, 7) is 4.27. The van der Waals surface area contributed by atoms with Gasteiger partial charge in [-0.25, -0.2) is 0 Å². The van der Waals surface area contributed by atoms with E-state index in [-0.39, 0.29) is 11.9 Å². The maximum atomic E-state index is 12.4. The summed E-state index contributed by atoms with van der Waals surface area (Å²) in [7, 11) is 1.91. The van der Waals surface area contributed by atoms with E-state index in [0.29, 0.717) is 6.04 Å². The van der Waals surface area contributed by atoms with Gasteiger partial charge < -0.3 is 10.2 Å². The van der Waals surface area contributed by atoms with E-state index in [0.717, 1.165) is 24.9 Å². The van der Waals surface area contributed by atoms with Gasteiger partial charge in [0.2, 0.25) is 5.91 Å². The predicted octanol–water partition coefficient (Wildman–Crippen LogP) is 2.67. The van der Waals surface area contributed by atoms with Gasteiger partial charge in [-0.15, -0.1) is 0 Å². The van der Waals surface area contributed by atoms with Gasteiger partial charge in [0.15, 0.2) is 0 Å². The Hall–Kier alpha value is -1.51. The predicted molar refractivity (Wildman–Crippen MR) is 74.7 cm³/mol. The molecule has 3 nitrogen and oxygen atoms in total. The van der Waals surface area contributed by atoms with Crippen LogP contribution in [0.25, 0.3) is 0 Å². The van der Waals surface area contributed by atoms with E-state index in [1.165, 1.54) is 5.56 Å². The highest BCUT2D eigenvalue weighted by molar-refractivity contribution is 5.87. The van der Waals surface area contributed by atoms with Crippen LogP contribution in [0.4, 0.5) is 5.69 Å². The number of amides is 1. The number of nitrogens with one attached hydrogen (secondary N) is 1. The molecule has 1 unspecified atom stereocenters. The summed E-state index contributed by atoms with van der Waals surface area (Å²) in [5.41, 5.74) is 2.35. The van der Waals surface area contributed by atoms with Gasteiger partial charge in [0.25, 0.3) is 0 Å². The molecular formula is C15H22N2O. The summed E-state index contributed by atoms with van der Waals surface area (Å²) in [4.78, 5) is 14.3. The van der Waals surface area contributed by atoms with E-state index in [1.54, 1.807) is 0 Å². The van der Waals surface area contributed by atoms with Crippen LogP contribution in [0.5, 0.6) is 0 Å². The summed E-state index contributed by atoms with van der Waals surface area (Å²) < 4.78 is 0. The zero-order valence-corrected chi connectivity index (χ0v) is 11.4. The normalized spacial score (nSPS) is 18.9. The van der Waals surface area contributed by atoms with Crippen LogP contribution >= 0.6 is 0 Å². The van der Waals surface area contributed by atoms with E-state index in [2.05, 4.69) is 25.2 Å². The Morgan fingerprint density at radius 2 is 2.22 bits per heavy atom. The molecule has 0 aliphatic carbocycles. The van der Waals surface area contributed by atoms with Gasteiger partial charge in [0, 0.05) is 25.2 Å². The molecule has 98 valence electrons. The summed E-state index contributed by atoms with van der Waals surface area (Å²) >= 11 is 0.